The number of hydrogen-bond acceptors (Lipinski definition) is 3. The van der Waals surface area contributed by atoms with Gasteiger partial charge in [0.15, 0.2) is 0 Å². The summed E-state index contributed by atoms with van der Waals surface area (Å²) in [5.41, 5.74) is 2.32. The Morgan fingerprint density at radius 1 is 1.22 bits per heavy atom. The predicted octanol–water partition coefficient (Wildman–Crippen LogP) is 3.98. The number of thioether (sulfide) groups is 1. The molecule has 3 nitrogen and oxygen atoms in total. The van der Waals surface area contributed by atoms with Gasteiger partial charge in [-0.3, -0.25) is 9.78 Å². The number of nitrogens with zero attached hydrogens (tertiary/aromatic N) is 2. The Labute approximate surface area is 146 Å². The quantitative estimate of drug-likeness (QED) is 0.839. The van der Waals surface area contributed by atoms with Crippen molar-refractivity contribution in [2.45, 2.75) is 18.9 Å². The maximum absolute atomic E-state index is 12.7. The molecule has 0 radical (unpaired) electrons. The lowest BCUT2D eigenvalue weighted by atomic mass is 10.0. The second kappa shape index (κ2) is 7.84. The van der Waals surface area contributed by atoms with Crippen LogP contribution in [0.3, 0.4) is 0 Å². The van der Waals surface area contributed by atoms with Gasteiger partial charge in [0.25, 0.3) is 0 Å². The van der Waals surface area contributed by atoms with Crippen molar-refractivity contribution >= 4 is 29.3 Å². The second-order valence-electron chi connectivity index (χ2n) is 5.58. The normalized spacial score (nSPS) is 18.0. The van der Waals surface area contributed by atoms with Gasteiger partial charge in [-0.05, 0) is 41.8 Å². The lowest BCUT2D eigenvalue weighted by Gasteiger charge is -2.36. The zero-order valence-corrected chi connectivity index (χ0v) is 14.4. The fourth-order valence-corrected chi connectivity index (χ4v) is 4.02. The molecule has 3 rings (SSSR count). The molecule has 1 amide bonds. The van der Waals surface area contributed by atoms with E-state index < -0.39 is 0 Å². The van der Waals surface area contributed by atoms with Crippen LogP contribution in [0.15, 0.2) is 48.8 Å². The standard InChI is InChI=1S/C18H19ClN2OS/c19-16-4-2-15(3-5-16)17-13-23-12-11-21(17)18(22)6-1-14-7-9-20-10-8-14/h2-5,7-10,17H,1,6,11-13H2. The van der Waals surface area contributed by atoms with E-state index in [1.807, 2.05) is 53.1 Å². The molecule has 0 bridgehead atoms. The first-order valence-electron chi connectivity index (χ1n) is 7.75. The van der Waals surface area contributed by atoms with Crippen molar-refractivity contribution in [1.29, 1.82) is 0 Å². The van der Waals surface area contributed by atoms with Crippen molar-refractivity contribution in [3.63, 3.8) is 0 Å². The molecule has 23 heavy (non-hydrogen) atoms. The first kappa shape index (κ1) is 16.3. The number of hydrogen-bond donors (Lipinski definition) is 0. The maximum atomic E-state index is 12.7. The van der Waals surface area contributed by atoms with Crippen LogP contribution in [-0.2, 0) is 11.2 Å². The summed E-state index contributed by atoms with van der Waals surface area (Å²) in [6.45, 7) is 0.813. The third-order valence-corrected chi connectivity index (χ3v) is 5.36. The highest BCUT2D eigenvalue weighted by atomic mass is 35.5. The van der Waals surface area contributed by atoms with Crippen molar-refractivity contribution in [1.82, 2.24) is 9.88 Å². The Morgan fingerprint density at radius 3 is 2.70 bits per heavy atom. The van der Waals surface area contributed by atoms with Gasteiger partial charge >= 0.3 is 0 Å². The Balaban J connectivity index is 1.68. The molecule has 0 spiro atoms. The highest BCUT2D eigenvalue weighted by molar-refractivity contribution is 7.99. The molecule has 1 atom stereocenters. The minimum atomic E-state index is 0.149. The number of rotatable bonds is 4. The number of carbonyl (C=O) groups is 1. The van der Waals surface area contributed by atoms with Gasteiger partial charge in [-0.2, -0.15) is 11.8 Å². The summed E-state index contributed by atoms with van der Waals surface area (Å²) in [5.74, 6) is 2.18. The van der Waals surface area contributed by atoms with Gasteiger partial charge in [-0.25, -0.2) is 0 Å². The van der Waals surface area contributed by atoms with Gasteiger partial charge in [-0.1, -0.05) is 23.7 Å². The summed E-state index contributed by atoms with van der Waals surface area (Å²) in [5, 5.41) is 0.729. The average molecular weight is 347 g/mol. The fraction of sp³-hybridized carbons (Fsp3) is 0.333. The lowest BCUT2D eigenvalue weighted by molar-refractivity contribution is -0.133. The summed E-state index contributed by atoms with van der Waals surface area (Å²) in [7, 11) is 0. The van der Waals surface area contributed by atoms with E-state index in [0.717, 1.165) is 35.1 Å². The molecule has 1 aliphatic heterocycles. The average Bonchev–Trinajstić information content (AvgIpc) is 2.61. The Kier molecular flexibility index (Phi) is 5.57. The smallest absolute Gasteiger partial charge is 0.223 e. The molecule has 1 fully saturated rings. The third kappa shape index (κ3) is 4.27. The molecule has 5 heteroatoms. The van der Waals surface area contributed by atoms with Crippen LogP contribution in [0.1, 0.15) is 23.6 Å². The monoisotopic (exact) mass is 346 g/mol. The van der Waals surface area contributed by atoms with Crippen LogP contribution in [0.2, 0.25) is 5.02 Å². The second-order valence-corrected chi connectivity index (χ2v) is 7.17. The summed E-state index contributed by atoms with van der Waals surface area (Å²) >= 11 is 7.88. The summed E-state index contributed by atoms with van der Waals surface area (Å²) in [4.78, 5) is 18.7. The Hall–Kier alpha value is -1.52. The minimum absolute atomic E-state index is 0.149. The van der Waals surface area contributed by atoms with Gasteiger partial charge in [-0.15, -0.1) is 0 Å². The van der Waals surface area contributed by atoms with Crippen LogP contribution in [0.25, 0.3) is 0 Å². The molecule has 1 aromatic carbocycles. The van der Waals surface area contributed by atoms with Gasteiger partial charge in [0, 0.05) is 41.9 Å². The largest absolute Gasteiger partial charge is 0.334 e. The van der Waals surface area contributed by atoms with E-state index in [2.05, 4.69) is 4.98 Å². The maximum Gasteiger partial charge on any atom is 0.223 e. The molecule has 0 aliphatic carbocycles. The van der Waals surface area contributed by atoms with Gasteiger partial charge in [0.1, 0.15) is 0 Å². The number of halogens is 1. The Bertz CT molecular complexity index is 648. The molecule has 1 aromatic heterocycles. The third-order valence-electron chi connectivity index (χ3n) is 4.08. The van der Waals surface area contributed by atoms with Crippen molar-refractivity contribution in [2.75, 3.05) is 18.1 Å². The van der Waals surface area contributed by atoms with Crippen molar-refractivity contribution in [3.8, 4) is 0 Å². The van der Waals surface area contributed by atoms with Crippen molar-refractivity contribution in [3.05, 3.63) is 64.9 Å². The van der Waals surface area contributed by atoms with E-state index in [4.69, 9.17) is 11.6 Å². The van der Waals surface area contributed by atoms with Crippen LogP contribution in [0, 0.1) is 0 Å². The van der Waals surface area contributed by atoms with E-state index in [0.29, 0.717) is 6.42 Å². The van der Waals surface area contributed by atoms with Crippen molar-refractivity contribution in [2.24, 2.45) is 0 Å². The van der Waals surface area contributed by atoms with Gasteiger partial charge in [0.05, 0.1) is 6.04 Å². The van der Waals surface area contributed by atoms with Crippen LogP contribution in [0.4, 0.5) is 0 Å². The first-order chi connectivity index (χ1) is 11.2. The highest BCUT2D eigenvalue weighted by Gasteiger charge is 2.27. The molecule has 0 saturated carbocycles. The SMILES string of the molecule is O=C(CCc1ccncc1)N1CCSCC1c1ccc(Cl)cc1. The van der Waals surface area contributed by atoms with E-state index >= 15 is 0 Å². The molecular formula is C18H19ClN2OS. The molecule has 0 N–H and O–H groups in total. The van der Waals surface area contributed by atoms with Crippen molar-refractivity contribution < 1.29 is 4.79 Å². The molecule has 1 unspecified atom stereocenters. The number of amides is 1. The van der Waals surface area contributed by atoms with E-state index in [1.165, 1.54) is 5.56 Å². The van der Waals surface area contributed by atoms with E-state index in [9.17, 15) is 4.79 Å². The summed E-state index contributed by atoms with van der Waals surface area (Å²) in [6, 6.07) is 11.9. The zero-order valence-electron chi connectivity index (χ0n) is 12.8. The minimum Gasteiger partial charge on any atom is -0.334 e. The molecule has 120 valence electrons. The molecule has 1 saturated heterocycles. The summed E-state index contributed by atoms with van der Waals surface area (Å²) in [6.07, 6.45) is 4.85. The highest BCUT2D eigenvalue weighted by Crippen LogP contribution is 2.30. The Morgan fingerprint density at radius 2 is 1.96 bits per heavy atom. The molecule has 1 aliphatic rings. The van der Waals surface area contributed by atoms with Crippen LogP contribution >= 0.6 is 23.4 Å². The van der Waals surface area contributed by atoms with Gasteiger partial charge < -0.3 is 4.90 Å². The van der Waals surface area contributed by atoms with Crippen LogP contribution in [-0.4, -0.2) is 33.8 Å². The zero-order chi connectivity index (χ0) is 16.1. The van der Waals surface area contributed by atoms with E-state index in [1.54, 1.807) is 12.4 Å². The molecule has 2 heterocycles. The fourth-order valence-electron chi connectivity index (χ4n) is 2.81. The first-order valence-corrected chi connectivity index (χ1v) is 9.29. The van der Waals surface area contributed by atoms with E-state index in [-0.39, 0.29) is 11.9 Å². The number of aryl methyl sites for hydroxylation is 1. The topological polar surface area (TPSA) is 33.2 Å². The van der Waals surface area contributed by atoms with Crippen LogP contribution in [0.5, 0.6) is 0 Å². The summed E-state index contributed by atoms with van der Waals surface area (Å²) < 4.78 is 0. The molecule has 2 aromatic rings. The number of pyridine rings is 1. The number of benzene rings is 1. The number of carbonyl (C=O) groups excluding carboxylic acids is 1. The number of aromatic nitrogens is 1. The van der Waals surface area contributed by atoms with Gasteiger partial charge in [0.2, 0.25) is 5.91 Å². The van der Waals surface area contributed by atoms with Crippen LogP contribution < -0.4 is 0 Å². The predicted molar refractivity (Wildman–Crippen MR) is 95.8 cm³/mol. The lowest BCUT2D eigenvalue weighted by Crippen LogP contribution is -2.40. The molecular weight excluding hydrogens is 328 g/mol.